The van der Waals surface area contributed by atoms with Gasteiger partial charge in [0.05, 0.1) is 0 Å². The lowest BCUT2D eigenvalue weighted by Crippen LogP contribution is -2.32. The average molecular weight is 289 g/mol. The number of nitrogens with zero attached hydrogens (tertiary/aromatic N) is 2. The lowest BCUT2D eigenvalue weighted by molar-refractivity contribution is 0.539. The molecule has 3 nitrogen and oxygen atoms in total. The summed E-state index contributed by atoms with van der Waals surface area (Å²) in [6.45, 7) is 7.22. The van der Waals surface area contributed by atoms with Crippen molar-refractivity contribution in [3.8, 4) is 0 Å². The normalized spacial score (nSPS) is 17.6. The van der Waals surface area contributed by atoms with Crippen molar-refractivity contribution in [2.24, 2.45) is 5.73 Å². The Morgan fingerprint density at radius 3 is 2.29 bits per heavy atom. The Morgan fingerprint density at radius 2 is 1.76 bits per heavy atom. The van der Waals surface area contributed by atoms with Gasteiger partial charge in [-0.25, -0.2) is 4.98 Å². The minimum atomic E-state index is 0.0597. The van der Waals surface area contributed by atoms with Crippen molar-refractivity contribution in [1.29, 1.82) is 0 Å². The molecule has 0 saturated heterocycles. The Labute approximate surface area is 129 Å². The Morgan fingerprint density at radius 1 is 1.14 bits per heavy atom. The van der Waals surface area contributed by atoms with Crippen LogP contribution in [0.4, 0.5) is 5.82 Å². The van der Waals surface area contributed by atoms with Gasteiger partial charge in [0.15, 0.2) is 0 Å². The first-order valence-corrected chi connectivity index (χ1v) is 8.36. The largest absolute Gasteiger partial charge is 0.357 e. The molecule has 0 spiro atoms. The number of rotatable bonds is 3. The second-order valence-electron chi connectivity index (χ2n) is 7.43. The molecule has 1 aliphatic rings. The van der Waals surface area contributed by atoms with Gasteiger partial charge in [0, 0.05) is 30.7 Å². The smallest absolute Gasteiger partial charge is 0.129 e. The summed E-state index contributed by atoms with van der Waals surface area (Å²) in [5.41, 5.74) is 8.27. The number of hydrogen-bond acceptors (Lipinski definition) is 3. The standard InChI is InChI=1S/C18H31N3/c1-18(2,3)16-11-14(13-19)12-17(20-16)21(4)15-9-7-5-6-8-10-15/h11-12,15H,5-10,13,19H2,1-4H3. The first-order valence-electron chi connectivity index (χ1n) is 8.36. The first kappa shape index (κ1) is 16.3. The molecule has 1 saturated carbocycles. The SMILES string of the molecule is CN(c1cc(CN)cc(C(C)(C)C)n1)C1CCCCCC1. The first-order chi connectivity index (χ1) is 9.91. The van der Waals surface area contributed by atoms with E-state index in [-0.39, 0.29) is 5.41 Å². The van der Waals surface area contributed by atoms with Crippen molar-refractivity contribution in [1.82, 2.24) is 4.98 Å². The van der Waals surface area contributed by atoms with E-state index in [9.17, 15) is 0 Å². The number of nitrogens with two attached hydrogens (primary N) is 1. The molecule has 1 aromatic heterocycles. The molecule has 1 aliphatic carbocycles. The molecule has 2 N–H and O–H groups in total. The topological polar surface area (TPSA) is 42.1 Å². The van der Waals surface area contributed by atoms with Gasteiger partial charge in [-0.3, -0.25) is 0 Å². The Hall–Kier alpha value is -1.09. The fraction of sp³-hybridized carbons (Fsp3) is 0.722. The van der Waals surface area contributed by atoms with Gasteiger partial charge >= 0.3 is 0 Å². The van der Waals surface area contributed by atoms with Gasteiger partial charge in [0.1, 0.15) is 5.82 Å². The molecule has 2 rings (SSSR count). The van der Waals surface area contributed by atoms with Crippen molar-refractivity contribution in [3.05, 3.63) is 23.4 Å². The molecular formula is C18H31N3. The fourth-order valence-corrected chi connectivity index (χ4v) is 3.09. The van der Waals surface area contributed by atoms with Crippen molar-refractivity contribution in [2.75, 3.05) is 11.9 Å². The van der Waals surface area contributed by atoms with Crippen LogP contribution in [0.15, 0.2) is 12.1 Å². The summed E-state index contributed by atoms with van der Waals surface area (Å²) in [5.74, 6) is 1.09. The van der Waals surface area contributed by atoms with E-state index in [1.807, 2.05) is 0 Å². The van der Waals surface area contributed by atoms with E-state index in [1.54, 1.807) is 0 Å². The third-order valence-corrected chi connectivity index (χ3v) is 4.61. The summed E-state index contributed by atoms with van der Waals surface area (Å²) < 4.78 is 0. The molecule has 0 atom stereocenters. The van der Waals surface area contributed by atoms with Crippen LogP contribution in [0, 0.1) is 0 Å². The third-order valence-electron chi connectivity index (χ3n) is 4.61. The summed E-state index contributed by atoms with van der Waals surface area (Å²) in [7, 11) is 2.20. The predicted molar refractivity (Wildman–Crippen MR) is 90.7 cm³/mol. The van der Waals surface area contributed by atoms with Gasteiger partial charge in [-0.2, -0.15) is 0 Å². The highest BCUT2D eigenvalue weighted by Crippen LogP contribution is 2.28. The van der Waals surface area contributed by atoms with Crippen LogP contribution in [0.1, 0.15) is 70.6 Å². The zero-order valence-electron chi connectivity index (χ0n) is 14.2. The Kier molecular flexibility index (Phi) is 5.26. The summed E-state index contributed by atoms with van der Waals surface area (Å²) in [5, 5.41) is 0. The molecule has 3 heteroatoms. The van der Waals surface area contributed by atoms with Crippen LogP contribution < -0.4 is 10.6 Å². The molecule has 0 aromatic carbocycles. The van der Waals surface area contributed by atoms with Gasteiger partial charge < -0.3 is 10.6 Å². The van der Waals surface area contributed by atoms with Gasteiger partial charge in [-0.05, 0) is 30.5 Å². The molecule has 0 unspecified atom stereocenters. The van der Waals surface area contributed by atoms with Crippen LogP contribution >= 0.6 is 0 Å². The van der Waals surface area contributed by atoms with Crippen molar-refractivity contribution in [2.45, 2.75) is 77.3 Å². The maximum absolute atomic E-state index is 5.89. The molecule has 1 fully saturated rings. The second-order valence-corrected chi connectivity index (χ2v) is 7.43. The molecule has 1 heterocycles. The molecule has 0 aliphatic heterocycles. The zero-order chi connectivity index (χ0) is 15.5. The zero-order valence-corrected chi connectivity index (χ0v) is 14.2. The molecule has 1 aromatic rings. The maximum Gasteiger partial charge on any atom is 0.129 e. The molecule has 0 bridgehead atoms. The monoisotopic (exact) mass is 289 g/mol. The minimum absolute atomic E-state index is 0.0597. The minimum Gasteiger partial charge on any atom is -0.357 e. The summed E-state index contributed by atoms with van der Waals surface area (Å²) in [6.07, 6.45) is 8.03. The highest BCUT2D eigenvalue weighted by Gasteiger charge is 2.22. The van der Waals surface area contributed by atoms with Crippen molar-refractivity contribution < 1.29 is 0 Å². The summed E-state index contributed by atoms with van der Waals surface area (Å²) in [4.78, 5) is 7.32. The van der Waals surface area contributed by atoms with Gasteiger partial charge in [0.2, 0.25) is 0 Å². The number of hydrogen-bond donors (Lipinski definition) is 1. The van der Waals surface area contributed by atoms with E-state index < -0.39 is 0 Å². The van der Waals surface area contributed by atoms with E-state index in [0.717, 1.165) is 11.5 Å². The molecular weight excluding hydrogens is 258 g/mol. The van der Waals surface area contributed by atoms with E-state index in [4.69, 9.17) is 10.7 Å². The molecule has 0 amide bonds. The Bertz CT molecular complexity index is 454. The Balaban J connectivity index is 2.28. The molecule has 118 valence electrons. The van der Waals surface area contributed by atoms with Gasteiger partial charge in [0.25, 0.3) is 0 Å². The van der Waals surface area contributed by atoms with Crippen LogP contribution in [0.2, 0.25) is 0 Å². The third kappa shape index (κ3) is 4.19. The predicted octanol–water partition coefficient (Wildman–Crippen LogP) is 4.00. The average Bonchev–Trinajstić information content (AvgIpc) is 2.74. The van der Waals surface area contributed by atoms with Crippen molar-refractivity contribution >= 4 is 5.82 Å². The van der Waals surface area contributed by atoms with Crippen LogP contribution in [0.25, 0.3) is 0 Å². The molecule has 21 heavy (non-hydrogen) atoms. The van der Waals surface area contributed by atoms with Crippen LogP contribution in [-0.4, -0.2) is 18.1 Å². The van der Waals surface area contributed by atoms with E-state index in [2.05, 4.69) is 44.9 Å². The number of aromatic nitrogens is 1. The highest BCUT2D eigenvalue weighted by molar-refractivity contribution is 5.44. The lowest BCUT2D eigenvalue weighted by atomic mass is 9.90. The van der Waals surface area contributed by atoms with E-state index in [1.165, 1.54) is 44.1 Å². The van der Waals surface area contributed by atoms with Crippen molar-refractivity contribution in [3.63, 3.8) is 0 Å². The fourth-order valence-electron chi connectivity index (χ4n) is 3.09. The lowest BCUT2D eigenvalue weighted by Gasteiger charge is -2.30. The summed E-state index contributed by atoms with van der Waals surface area (Å²) in [6, 6.07) is 4.95. The number of anilines is 1. The number of pyridine rings is 1. The van der Waals surface area contributed by atoms with Gasteiger partial charge in [-0.15, -0.1) is 0 Å². The van der Waals surface area contributed by atoms with Crippen LogP contribution in [0.3, 0.4) is 0 Å². The maximum atomic E-state index is 5.89. The van der Waals surface area contributed by atoms with Gasteiger partial charge in [-0.1, -0.05) is 46.5 Å². The highest BCUT2D eigenvalue weighted by atomic mass is 15.2. The quantitative estimate of drug-likeness (QED) is 0.855. The summed E-state index contributed by atoms with van der Waals surface area (Å²) >= 11 is 0. The van der Waals surface area contributed by atoms with E-state index in [0.29, 0.717) is 12.6 Å². The van der Waals surface area contributed by atoms with Crippen LogP contribution in [0.5, 0.6) is 0 Å². The van der Waals surface area contributed by atoms with Crippen LogP contribution in [-0.2, 0) is 12.0 Å². The molecule has 0 radical (unpaired) electrons. The van der Waals surface area contributed by atoms with E-state index >= 15 is 0 Å². The second kappa shape index (κ2) is 6.78.